The summed E-state index contributed by atoms with van der Waals surface area (Å²) in [5.74, 6) is -0.626. The first-order chi connectivity index (χ1) is 16.7. The summed E-state index contributed by atoms with van der Waals surface area (Å²) in [6.07, 6.45) is 1.35. The van der Waals surface area contributed by atoms with Crippen molar-refractivity contribution in [3.63, 3.8) is 0 Å². The number of furan rings is 1. The Hall–Kier alpha value is -3.62. The fourth-order valence-corrected chi connectivity index (χ4v) is 3.39. The zero-order valence-electron chi connectivity index (χ0n) is 19.2. The Morgan fingerprint density at radius 2 is 1.66 bits per heavy atom. The Morgan fingerprint density at radius 1 is 0.971 bits per heavy atom. The molecule has 0 aliphatic rings. The van der Waals surface area contributed by atoms with Crippen LogP contribution in [0.4, 0.5) is 0 Å². The number of hydrazone groups is 1. The molecule has 1 unspecified atom stereocenters. The second kappa shape index (κ2) is 11.7. The number of ether oxygens (including phenoxy) is 1. The van der Waals surface area contributed by atoms with Crippen molar-refractivity contribution in [1.82, 2.24) is 10.7 Å². The second-order valence-electron chi connectivity index (χ2n) is 7.83. The van der Waals surface area contributed by atoms with Gasteiger partial charge in [-0.05, 0) is 48.4 Å². The van der Waals surface area contributed by atoms with Crippen molar-refractivity contribution >= 4 is 47.2 Å². The Labute approximate surface area is 212 Å². The van der Waals surface area contributed by atoms with E-state index in [9.17, 15) is 14.4 Å². The molecule has 10 heteroatoms. The number of benzene rings is 2. The van der Waals surface area contributed by atoms with E-state index >= 15 is 0 Å². The summed E-state index contributed by atoms with van der Waals surface area (Å²) >= 11 is 11.9. The van der Waals surface area contributed by atoms with Crippen LogP contribution in [-0.2, 0) is 9.53 Å². The number of carbonyl (C=O) groups excluding carboxylic acids is 3. The molecule has 1 atom stereocenters. The van der Waals surface area contributed by atoms with E-state index in [4.69, 9.17) is 27.6 Å². The fraction of sp³-hybridized carbons (Fsp3) is 0.200. The molecule has 8 nitrogen and oxygen atoms in total. The van der Waals surface area contributed by atoms with Crippen molar-refractivity contribution in [2.24, 2.45) is 11.0 Å². The van der Waals surface area contributed by atoms with Gasteiger partial charge in [0.1, 0.15) is 17.6 Å². The summed E-state index contributed by atoms with van der Waals surface area (Å²) in [6.45, 7) is 3.60. The Morgan fingerprint density at radius 3 is 2.29 bits per heavy atom. The number of amides is 2. The topological polar surface area (TPSA) is 110 Å². The Kier molecular flexibility index (Phi) is 8.68. The van der Waals surface area contributed by atoms with E-state index in [-0.39, 0.29) is 16.5 Å². The summed E-state index contributed by atoms with van der Waals surface area (Å²) < 4.78 is 10.4. The highest BCUT2D eigenvalue weighted by molar-refractivity contribution is 6.42. The van der Waals surface area contributed by atoms with Gasteiger partial charge in [-0.15, -0.1) is 0 Å². The van der Waals surface area contributed by atoms with E-state index in [0.717, 1.165) is 5.56 Å². The van der Waals surface area contributed by atoms with Crippen molar-refractivity contribution in [3.8, 4) is 11.3 Å². The minimum atomic E-state index is -0.838. The zero-order valence-corrected chi connectivity index (χ0v) is 20.7. The molecule has 0 aliphatic carbocycles. The average Bonchev–Trinajstić information content (AvgIpc) is 3.32. The van der Waals surface area contributed by atoms with Gasteiger partial charge in [0.25, 0.3) is 11.8 Å². The van der Waals surface area contributed by atoms with E-state index in [1.165, 1.54) is 31.5 Å². The van der Waals surface area contributed by atoms with Crippen LogP contribution in [0.25, 0.3) is 11.3 Å². The van der Waals surface area contributed by atoms with Crippen LogP contribution in [0.15, 0.2) is 64.1 Å². The SMILES string of the molecule is COC(=O)c1ccc(-c2ccc(C=NNC(=O)C(NC(=O)c3ccc(Cl)c(Cl)c3)C(C)C)o2)cc1. The highest BCUT2D eigenvalue weighted by atomic mass is 35.5. The maximum absolute atomic E-state index is 12.6. The van der Waals surface area contributed by atoms with Crippen molar-refractivity contribution in [2.75, 3.05) is 7.11 Å². The molecule has 1 heterocycles. The van der Waals surface area contributed by atoms with Crippen molar-refractivity contribution in [1.29, 1.82) is 0 Å². The lowest BCUT2D eigenvalue weighted by molar-refractivity contribution is -0.123. The molecular formula is C25H23Cl2N3O5. The number of hydrogen-bond acceptors (Lipinski definition) is 6. The van der Waals surface area contributed by atoms with Crippen molar-refractivity contribution in [3.05, 3.63) is 81.5 Å². The molecule has 2 amide bonds. The molecule has 0 fully saturated rings. The smallest absolute Gasteiger partial charge is 0.337 e. The van der Waals surface area contributed by atoms with E-state index in [1.54, 1.807) is 50.2 Å². The number of halogens is 2. The molecule has 3 aromatic rings. The summed E-state index contributed by atoms with van der Waals surface area (Å²) in [4.78, 5) is 36.8. The molecule has 3 rings (SSSR count). The summed E-state index contributed by atoms with van der Waals surface area (Å²) in [7, 11) is 1.32. The predicted octanol–water partition coefficient (Wildman–Crippen LogP) is 4.94. The van der Waals surface area contributed by atoms with E-state index in [1.807, 2.05) is 0 Å². The molecule has 35 heavy (non-hydrogen) atoms. The highest BCUT2D eigenvalue weighted by Gasteiger charge is 2.24. The molecule has 0 spiro atoms. The maximum Gasteiger partial charge on any atom is 0.337 e. The fourth-order valence-electron chi connectivity index (χ4n) is 3.09. The van der Waals surface area contributed by atoms with Crippen LogP contribution in [0, 0.1) is 5.92 Å². The molecule has 2 N–H and O–H groups in total. The minimum absolute atomic E-state index is 0.208. The number of nitrogens with zero attached hydrogens (tertiary/aromatic N) is 1. The molecular weight excluding hydrogens is 493 g/mol. The van der Waals surface area contributed by atoms with Gasteiger partial charge in [-0.1, -0.05) is 49.2 Å². The lowest BCUT2D eigenvalue weighted by Crippen LogP contribution is -2.48. The minimum Gasteiger partial charge on any atom is -0.465 e. The highest BCUT2D eigenvalue weighted by Crippen LogP contribution is 2.23. The molecule has 2 aromatic carbocycles. The van der Waals surface area contributed by atoms with Gasteiger partial charge >= 0.3 is 5.97 Å². The van der Waals surface area contributed by atoms with Gasteiger partial charge in [0.15, 0.2) is 0 Å². The Balaban J connectivity index is 1.62. The van der Waals surface area contributed by atoms with Crippen LogP contribution in [0.2, 0.25) is 10.0 Å². The second-order valence-corrected chi connectivity index (χ2v) is 8.64. The third-order valence-corrected chi connectivity index (χ3v) is 5.74. The molecule has 0 saturated carbocycles. The van der Waals surface area contributed by atoms with Gasteiger partial charge < -0.3 is 14.5 Å². The average molecular weight is 516 g/mol. The number of methoxy groups -OCH3 is 1. The van der Waals surface area contributed by atoms with Gasteiger partial charge in [0, 0.05) is 11.1 Å². The van der Waals surface area contributed by atoms with Crippen LogP contribution < -0.4 is 10.7 Å². The molecule has 0 saturated heterocycles. The van der Waals surface area contributed by atoms with Crippen LogP contribution in [0.5, 0.6) is 0 Å². The number of esters is 1. The number of nitrogens with one attached hydrogen (secondary N) is 2. The normalized spacial score (nSPS) is 11.9. The third-order valence-electron chi connectivity index (χ3n) is 5.00. The van der Waals surface area contributed by atoms with Gasteiger partial charge in [-0.3, -0.25) is 9.59 Å². The van der Waals surface area contributed by atoms with Gasteiger partial charge in [0.05, 0.1) is 28.9 Å². The molecule has 182 valence electrons. The zero-order chi connectivity index (χ0) is 25.5. The molecule has 1 aromatic heterocycles. The summed E-state index contributed by atoms with van der Waals surface area (Å²) in [6, 6.07) is 13.8. The maximum atomic E-state index is 12.6. The first kappa shape index (κ1) is 26.0. The van der Waals surface area contributed by atoms with E-state index < -0.39 is 23.8 Å². The van der Waals surface area contributed by atoms with Crippen LogP contribution in [-0.4, -0.2) is 37.1 Å². The quantitative estimate of drug-likeness (QED) is 0.250. The Bertz CT molecular complexity index is 1250. The van der Waals surface area contributed by atoms with Gasteiger partial charge in [0.2, 0.25) is 0 Å². The molecule has 0 aliphatic heterocycles. The number of carbonyl (C=O) groups is 3. The lowest BCUT2D eigenvalue weighted by Gasteiger charge is -2.20. The van der Waals surface area contributed by atoms with Crippen molar-refractivity contribution in [2.45, 2.75) is 19.9 Å². The van der Waals surface area contributed by atoms with Gasteiger partial charge in [-0.25, -0.2) is 10.2 Å². The molecule has 0 bridgehead atoms. The van der Waals surface area contributed by atoms with Crippen LogP contribution in [0.3, 0.4) is 0 Å². The monoisotopic (exact) mass is 515 g/mol. The standard InChI is InChI=1S/C25H23Cl2N3O5/c1-14(2)22(29-23(31)17-8-10-19(26)20(27)12-17)24(32)30-28-13-18-9-11-21(35-18)15-4-6-16(7-5-15)25(33)34-3/h4-14,22H,1-3H3,(H,29,31)(H,30,32). The summed E-state index contributed by atoms with van der Waals surface area (Å²) in [5.41, 5.74) is 3.89. The summed E-state index contributed by atoms with van der Waals surface area (Å²) in [5, 5.41) is 7.19. The number of rotatable bonds is 8. The van der Waals surface area contributed by atoms with Crippen molar-refractivity contribution < 1.29 is 23.5 Å². The lowest BCUT2D eigenvalue weighted by atomic mass is 10.0. The first-order valence-corrected chi connectivity index (χ1v) is 11.3. The van der Waals surface area contributed by atoms with E-state index in [0.29, 0.717) is 22.1 Å². The molecule has 0 radical (unpaired) electrons. The number of hydrogen-bond donors (Lipinski definition) is 2. The third kappa shape index (κ3) is 6.71. The predicted molar refractivity (Wildman–Crippen MR) is 134 cm³/mol. The first-order valence-electron chi connectivity index (χ1n) is 10.6. The van der Waals surface area contributed by atoms with Crippen LogP contribution in [0.1, 0.15) is 40.3 Å². The van der Waals surface area contributed by atoms with Gasteiger partial charge in [-0.2, -0.15) is 5.10 Å². The largest absolute Gasteiger partial charge is 0.465 e. The van der Waals surface area contributed by atoms with Crippen LogP contribution >= 0.6 is 23.2 Å². The van der Waals surface area contributed by atoms with E-state index in [2.05, 4.69) is 20.6 Å².